The van der Waals surface area contributed by atoms with Crippen molar-refractivity contribution in [3.05, 3.63) is 56.2 Å². The molecule has 1 aliphatic carbocycles. The van der Waals surface area contributed by atoms with E-state index in [4.69, 9.17) is 9.84 Å². The zero-order chi connectivity index (χ0) is 18.7. The summed E-state index contributed by atoms with van der Waals surface area (Å²) in [7, 11) is 0. The lowest BCUT2D eigenvalue weighted by Gasteiger charge is -2.27. The Balaban J connectivity index is 1.71. The monoisotopic (exact) mass is 485 g/mol. The number of halogens is 3. The molecule has 1 saturated carbocycles. The molecule has 0 spiro atoms. The van der Waals surface area contributed by atoms with Crippen LogP contribution in [0.3, 0.4) is 0 Å². The summed E-state index contributed by atoms with van der Waals surface area (Å²) in [6, 6.07) is 8.69. The molecule has 0 aliphatic heterocycles. The topological polar surface area (TPSA) is 58.6 Å². The number of hydrogen-bond acceptors (Lipinski definition) is 3. The highest BCUT2D eigenvalue weighted by molar-refractivity contribution is 9.11. The average molecular weight is 487 g/mol. The Morgan fingerprint density at radius 1 is 1.15 bits per heavy atom. The number of ether oxygens (including phenoxy) is 1. The molecule has 0 unspecified atom stereocenters. The highest BCUT2D eigenvalue weighted by Crippen LogP contribution is 2.35. The van der Waals surface area contributed by atoms with Gasteiger partial charge in [0.25, 0.3) is 0 Å². The van der Waals surface area contributed by atoms with Gasteiger partial charge >= 0.3 is 5.97 Å². The Morgan fingerprint density at radius 2 is 1.85 bits per heavy atom. The number of carboxylic acids is 1. The molecule has 0 heterocycles. The van der Waals surface area contributed by atoms with Crippen LogP contribution in [0.4, 0.5) is 10.1 Å². The fourth-order valence-electron chi connectivity index (χ4n) is 2.79. The van der Waals surface area contributed by atoms with Gasteiger partial charge in [0.2, 0.25) is 0 Å². The van der Waals surface area contributed by atoms with E-state index in [1.165, 1.54) is 18.6 Å². The number of nitrogens with one attached hydrogen (secondary N) is 1. The largest absolute Gasteiger partial charge is 0.487 e. The normalized spacial score (nSPS) is 14.0. The van der Waals surface area contributed by atoms with E-state index in [1.54, 1.807) is 12.1 Å². The smallest absolute Gasteiger partial charge is 0.307 e. The van der Waals surface area contributed by atoms with Crippen molar-refractivity contribution in [3.8, 4) is 5.75 Å². The molecule has 1 aliphatic rings. The molecule has 0 atom stereocenters. The van der Waals surface area contributed by atoms with Gasteiger partial charge in [0.15, 0.2) is 0 Å². The van der Waals surface area contributed by atoms with Crippen LogP contribution in [-0.2, 0) is 17.8 Å². The highest BCUT2D eigenvalue weighted by Gasteiger charge is 2.17. The number of rotatable bonds is 7. The van der Waals surface area contributed by atoms with E-state index in [1.807, 2.05) is 6.07 Å². The molecular weight excluding hydrogens is 469 g/mol. The van der Waals surface area contributed by atoms with E-state index < -0.39 is 5.97 Å². The van der Waals surface area contributed by atoms with E-state index in [-0.39, 0.29) is 18.8 Å². The summed E-state index contributed by atoms with van der Waals surface area (Å²) in [6.07, 6.45) is 3.37. The second-order valence-electron chi connectivity index (χ2n) is 6.37. The molecule has 2 aromatic rings. The van der Waals surface area contributed by atoms with Crippen molar-refractivity contribution in [1.29, 1.82) is 0 Å². The molecule has 2 N–H and O–H groups in total. The lowest BCUT2D eigenvalue weighted by atomic mass is 9.93. The van der Waals surface area contributed by atoms with Crippen LogP contribution in [0.2, 0.25) is 0 Å². The second kappa shape index (κ2) is 8.39. The van der Waals surface area contributed by atoms with Gasteiger partial charge in [-0.25, -0.2) is 4.39 Å². The van der Waals surface area contributed by atoms with Gasteiger partial charge in [-0.05, 0) is 92.6 Å². The molecular formula is C19H18Br2FNO3. The minimum absolute atomic E-state index is 0.0719. The van der Waals surface area contributed by atoms with Crippen LogP contribution < -0.4 is 10.1 Å². The first-order valence-corrected chi connectivity index (χ1v) is 9.88. The number of carbonyl (C=O) groups is 1. The molecule has 26 heavy (non-hydrogen) atoms. The molecule has 0 aromatic heterocycles. The van der Waals surface area contributed by atoms with Gasteiger partial charge in [0, 0.05) is 11.7 Å². The van der Waals surface area contributed by atoms with E-state index in [0.717, 1.165) is 24.1 Å². The molecule has 0 bridgehead atoms. The van der Waals surface area contributed by atoms with E-state index in [9.17, 15) is 9.18 Å². The second-order valence-corrected chi connectivity index (χ2v) is 8.08. The van der Waals surface area contributed by atoms with Gasteiger partial charge in [-0.1, -0.05) is 0 Å². The molecule has 1 fully saturated rings. The lowest BCUT2D eigenvalue weighted by molar-refractivity contribution is -0.136. The Morgan fingerprint density at radius 3 is 2.42 bits per heavy atom. The molecule has 2 aromatic carbocycles. The highest BCUT2D eigenvalue weighted by atomic mass is 79.9. The van der Waals surface area contributed by atoms with Gasteiger partial charge < -0.3 is 15.2 Å². The third kappa shape index (κ3) is 4.98. The van der Waals surface area contributed by atoms with Crippen LogP contribution in [0.15, 0.2) is 39.3 Å². The first-order chi connectivity index (χ1) is 12.4. The summed E-state index contributed by atoms with van der Waals surface area (Å²) >= 11 is 6.81. The molecule has 4 nitrogen and oxygen atoms in total. The Bertz CT molecular complexity index is 801. The standard InChI is InChI=1S/C19H18Br2FNO3/c20-16-6-11(8-18(24)25)7-17(21)19(16)26-10-12-4-13(22)9-15(5-12)23-14-2-1-3-14/h4-7,9,14,23H,1-3,8,10H2,(H,24,25). The Labute approximate surface area is 168 Å². The van der Waals surface area contributed by atoms with Crippen molar-refractivity contribution in [2.24, 2.45) is 0 Å². The SMILES string of the molecule is O=C(O)Cc1cc(Br)c(OCc2cc(F)cc(NC3CCC3)c2)c(Br)c1. The third-order valence-corrected chi connectivity index (χ3v) is 5.41. The maximum atomic E-state index is 13.9. The quantitative estimate of drug-likeness (QED) is 0.540. The summed E-state index contributed by atoms with van der Waals surface area (Å²) in [5.74, 6) is -0.650. The summed E-state index contributed by atoms with van der Waals surface area (Å²) in [4.78, 5) is 10.8. The van der Waals surface area contributed by atoms with Crippen LogP contribution in [-0.4, -0.2) is 17.1 Å². The van der Waals surface area contributed by atoms with Crippen molar-refractivity contribution in [2.45, 2.75) is 38.3 Å². The number of hydrogen-bond donors (Lipinski definition) is 2. The third-order valence-electron chi connectivity index (χ3n) is 4.23. The van der Waals surface area contributed by atoms with Crippen molar-refractivity contribution >= 4 is 43.5 Å². The van der Waals surface area contributed by atoms with Gasteiger partial charge in [0.1, 0.15) is 18.2 Å². The predicted molar refractivity (Wildman–Crippen MR) is 105 cm³/mol. The lowest BCUT2D eigenvalue weighted by Crippen LogP contribution is -2.27. The number of anilines is 1. The maximum absolute atomic E-state index is 13.9. The summed E-state index contributed by atoms with van der Waals surface area (Å²) in [5.41, 5.74) is 2.14. The van der Waals surface area contributed by atoms with Gasteiger partial charge in [0.05, 0.1) is 15.4 Å². The van der Waals surface area contributed by atoms with Crippen LogP contribution in [0.25, 0.3) is 0 Å². The molecule has 0 amide bonds. The number of aliphatic carboxylic acids is 1. The van der Waals surface area contributed by atoms with Gasteiger partial charge in [-0.2, -0.15) is 0 Å². The van der Waals surface area contributed by atoms with Crippen molar-refractivity contribution in [2.75, 3.05) is 5.32 Å². The summed E-state index contributed by atoms with van der Waals surface area (Å²) in [5, 5.41) is 12.2. The first-order valence-electron chi connectivity index (χ1n) is 8.29. The molecule has 3 rings (SSSR count). The number of carboxylic acid groups (broad SMARTS) is 1. The van der Waals surface area contributed by atoms with Crippen molar-refractivity contribution in [1.82, 2.24) is 0 Å². The van der Waals surface area contributed by atoms with Crippen LogP contribution in [0.5, 0.6) is 5.75 Å². The van der Waals surface area contributed by atoms with Crippen molar-refractivity contribution < 1.29 is 19.0 Å². The van der Waals surface area contributed by atoms with Crippen LogP contribution >= 0.6 is 31.9 Å². The molecule has 0 radical (unpaired) electrons. The van der Waals surface area contributed by atoms with E-state index in [0.29, 0.717) is 26.3 Å². The minimum Gasteiger partial charge on any atom is -0.487 e. The minimum atomic E-state index is -0.899. The van der Waals surface area contributed by atoms with Crippen LogP contribution in [0, 0.1) is 5.82 Å². The molecule has 7 heteroatoms. The Kier molecular flexibility index (Phi) is 6.19. The zero-order valence-electron chi connectivity index (χ0n) is 13.9. The van der Waals surface area contributed by atoms with Gasteiger partial charge in [-0.3, -0.25) is 4.79 Å². The van der Waals surface area contributed by atoms with Crippen LogP contribution in [0.1, 0.15) is 30.4 Å². The first kappa shape index (κ1) is 19.2. The number of benzene rings is 2. The maximum Gasteiger partial charge on any atom is 0.307 e. The average Bonchev–Trinajstić information content (AvgIpc) is 2.49. The predicted octanol–water partition coefficient (Wildman–Crippen LogP) is 5.52. The van der Waals surface area contributed by atoms with E-state index >= 15 is 0 Å². The molecule has 138 valence electrons. The summed E-state index contributed by atoms with van der Waals surface area (Å²) < 4.78 is 21.0. The van der Waals surface area contributed by atoms with Crippen molar-refractivity contribution in [3.63, 3.8) is 0 Å². The fourth-order valence-corrected chi connectivity index (χ4v) is 4.30. The summed E-state index contributed by atoms with van der Waals surface area (Å²) in [6.45, 7) is 0.201. The zero-order valence-corrected chi connectivity index (χ0v) is 17.1. The molecule has 0 saturated heterocycles. The van der Waals surface area contributed by atoms with Gasteiger partial charge in [-0.15, -0.1) is 0 Å². The van der Waals surface area contributed by atoms with E-state index in [2.05, 4.69) is 37.2 Å². The fraction of sp³-hybridized carbons (Fsp3) is 0.316. The Hall–Kier alpha value is -1.60.